The zero-order chi connectivity index (χ0) is 32.1. The van der Waals surface area contributed by atoms with Crippen molar-refractivity contribution in [2.45, 2.75) is 50.1 Å². The summed E-state index contributed by atoms with van der Waals surface area (Å²) in [6, 6.07) is 5.93. The molecule has 1 atom stereocenters. The molecule has 1 amide bonds. The van der Waals surface area contributed by atoms with Crippen LogP contribution in [0.2, 0.25) is 0 Å². The molecule has 0 spiro atoms. The Morgan fingerprint density at radius 3 is 2.20 bits per heavy atom. The number of piperidine rings is 1. The number of hydrogen-bond acceptors (Lipinski definition) is 7. The van der Waals surface area contributed by atoms with Crippen molar-refractivity contribution in [3.63, 3.8) is 0 Å². The summed E-state index contributed by atoms with van der Waals surface area (Å²) in [4.78, 5) is 19.5. The maximum Gasteiger partial charge on any atom is 0.416 e. The van der Waals surface area contributed by atoms with Gasteiger partial charge in [-0.1, -0.05) is 12.1 Å². The van der Waals surface area contributed by atoms with Gasteiger partial charge in [-0.05, 0) is 55.5 Å². The molecule has 2 heterocycles. The monoisotopic (exact) mass is 633 g/mol. The Morgan fingerprint density at radius 2 is 1.61 bits per heavy atom. The first-order valence-electron chi connectivity index (χ1n) is 14.4. The predicted octanol–water partition coefficient (Wildman–Crippen LogP) is 4.34. The van der Waals surface area contributed by atoms with Gasteiger partial charge in [0.2, 0.25) is 12.7 Å². The lowest BCUT2D eigenvalue weighted by molar-refractivity contribution is -0.143. The van der Waals surface area contributed by atoms with E-state index in [1.807, 2.05) is 4.90 Å². The molecule has 2 aromatic rings. The van der Waals surface area contributed by atoms with E-state index in [2.05, 4.69) is 4.90 Å². The number of likely N-dealkylation sites (tertiary alicyclic amines) is 1. The minimum absolute atomic E-state index is 0.0246. The van der Waals surface area contributed by atoms with Gasteiger partial charge in [-0.25, -0.2) is 0 Å². The minimum atomic E-state index is -4.96. The highest BCUT2D eigenvalue weighted by Gasteiger charge is 2.39. The first-order chi connectivity index (χ1) is 20.8. The average Bonchev–Trinajstić information content (AvgIpc) is 3.47. The molecule has 8 nitrogen and oxygen atoms in total. The van der Waals surface area contributed by atoms with Crippen LogP contribution in [0.3, 0.4) is 0 Å². The molecular weight excluding hydrogens is 596 g/mol. The number of aliphatic hydroxyl groups excluding tert-OH is 2. The minimum Gasteiger partial charge on any atom is -0.454 e. The number of halogens is 6. The molecule has 2 aliphatic heterocycles. The van der Waals surface area contributed by atoms with Gasteiger partial charge in [-0.2, -0.15) is 26.3 Å². The zero-order valence-corrected chi connectivity index (χ0v) is 24.3. The first-order valence-corrected chi connectivity index (χ1v) is 14.4. The van der Waals surface area contributed by atoms with Crippen LogP contribution < -0.4 is 9.47 Å². The number of amides is 1. The highest BCUT2D eigenvalue weighted by Crippen LogP contribution is 2.42. The summed E-state index contributed by atoms with van der Waals surface area (Å²) in [5.74, 6) is 0.501. The largest absolute Gasteiger partial charge is 0.454 e. The van der Waals surface area contributed by atoms with Crippen LogP contribution in [0, 0.1) is 0 Å². The molecule has 0 radical (unpaired) electrons. The molecular formula is C30H37F6N3O5. The number of hydrogen-bond donors (Lipinski definition) is 2. The van der Waals surface area contributed by atoms with Gasteiger partial charge < -0.3 is 24.6 Å². The average molecular weight is 634 g/mol. The zero-order valence-electron chi connectivity index (χ0n) is 24.3. The quantitative estimate of drug-likeness (QED) is 0.337. The van der Waals surface area contributed by atoms with Crippen molar-refractivity contribution in [2.24, 2.45) is 0 Å². The second-order valence-electron chi connectivity index (χ2n) is 11.0. The number of nitrogens with zero attached hydrogens (tertiary/aromatic N) is 3. The van der Waals surface area contributed by atoms with Crippen molar-refractivity contribution in [3.8, 4) is 11.5 Å². The van der Waals surface area contributed by atoms with Crippen LogP contribution >= 0.6 is 0 Å². The number of carbonyl (C=O) groups excluding carboxylic acids is 1. The Kier molecular flexibility index (Phi) is 11.0. The van der Waals surface area contributed by atoms with Crippen molar-refractivity contribution < 1.29 is 50.8 Å². The number of fused-ring (bicyclic) bond motifs is 1. The summed E-state index contributed by atoms with van der Waals surface area (Å²) >= 11 is 0. The predicted molar refractivity (Wildman–Crippen MR) is 148 cm³/mol. The maximum absolute atomic E-state index is 14.0. The lowest BCUT2D eigenvalue weighted by Crippen LogP contribution is -2.50. The third-order valence-electron chi connectivity index (χ3n) is 8.09. The molecule has 14 heteroatoms. The fourth-order valence-electron chi connectivity index (χ4n) is 5.82. The molecule has 0 unspecified atom stereocenters. The Balaban J connectivity index is 1.55. The van der Waals surface area contributed by atoms with Crippen molar-refractivity contribution in [2.75, 3.05) is 59.8 Å². The second-order valence-corrected chi connectivity index (χ2v) is 11.0. The molecule has 0 saturated carbocycles. The smallest absolute Gasteiger partial charge is 0.416 e. The van der Waals surface area contributed by atoms with E-state index in [1.165, 1.54) is 11.9 Å². The van der Waals surface area contributed by atoms with Crippen LogP contribution in [0.1, 0.15) is 47.6 Å². The SMILES string of the molecule is CN(CCc1cc(C(F)(F)F)cc(C(F)(F)F)c1)C(=O)[C@H](c1cccc2c1OCO2)N1CCC(N(CCO)CCCO)CC1. The maximum atomic E-state index is 14.0. The van der Waals surface area contributed by atoms with Crippen LogP contribution in [0.15, 0.2) is 36.4 Å². The lowest BCUT2D eigenvalue weighted by atomic mass is 9.96. The van der Waals surface area contributed by atoms with Crippen molar-refractivity contribution in [1.82, 2.24) is 14.7 Å². The number of likely N-dealkylation sites (N-methyl/N-ethyl adjacent to an activating group) is 1. The summed E-state index contributed by atoms with van der Waals surface area (Å²) in [6.07, 6.45) is -8.23. The number of rotatable bonds is 12. The van der Waals surface area contributed by atoms with E-state index < -0.39 is 29.5 Å². The number of para-hydroxylation sites is 1. The van der Waals surface area contributed by atoms with Gasteiger partial charge in [-0.15, -0.1) is 0 Å². The summed E-state index contributed by atoms with van der Waals surface area (Å²) in [5.41, 5.74) is -2.43. The molecule has 0 aliphatic carbocycles. The number of aliphatic hydroxyl groups is 2. The van der Waals surface area contributed by atoms with Crippen molar-refractivity contribution in [3.05, 3.63) is 58.7 Å². The first kappa shape index (κ1) is 33.8. The van der Waals surface area contributed by atoms with Crippen molar-refractivity contribution >= 4 is 5.91 Å². The van der Waals surface area contributed by atoms with Crippen LogP contribution in [-0.4, -0.2) is 96.6 Å². The number of benzene rings is 2. The summed E-state index contributed by atoms with van der Waals surface area (Å²) < 4.78 is 91.4. The molecule has 1 fully saturated rings. The van der Waals surface area contributed by atoms with Crippen molar-refractivity contribution in [1.29, 1.82) is 0 Å². The highest BCUT2D eigenvalue weighted by atomic mass is 19.4. The highest BCUT2D eigenvalue weighted by molar-refractivity contribution is 5.84. The fraction of sp³-hybridized carbons (Fsp3) is 0.567. The van der Waals surface area contributed by atoms with E-state index >= 15 is 0 Å². The Bertz CT molecular complexity index is 1230. The molecule has 1 saturated heterocycles. The van der Waals surface area contributed by atoms with Crippen LogP contribution in [-0.2, 0) is 23.6 Å². The lowest BCUT2D eigenvalue weighted by Gasteiger charge is -2.42. The van der Waals surface area contributed by atoms with E-state index in [-0.39, 0.29) is 56.6 Å². The second kappa shape index (κ2) is 14.4. The Morgan fingerprint density at radius 1 is 0.955 bits per heavy atom. The topological polar surface area (TPSA) is 85.7 Å². The Labute approximate surface area is 251 Å². The van der Waals surface area contributed by atoms with Gasteiger partial charge in [0.15, 0.2) is 11.5 Å². The van der Waals surface area contributed by atoms with E-state index in [4.69, 9.17) is 9.47 Å². The third-order valence-corrected chi connectivity index (χ3v) is 8.09. The van der Waals surface area contributed by atoms with Gasteiger partial charge in [0.25, 0.3) is 0 Å². The van der Waals surface area contributed by atoms with Crippen LogP contribution in [0.25, 0.3) is 0 Å². The molecule has 0 bridgehead atoms. The number of alkyl halides is 6. The van der Waals surface area contributed by atoms with Crippen LogP contribution in [0.4, 0.5) is 26.3 Å². The number of carbonyl (C=O) groups is 1. The molecule has 4 rings (SSSR count). The van der Waals surface area contributed by atoms with Gasteiger partial charge in [-0.3, -0.25) is 14.6 Å². The Hall–Kier alpha value is -3.07. The molecule has 2 aliphatic rings. The number of ether oxygens (including phenoxy) is 2. The van der Waals surface area contributed by atoms with Gasteiger partial charge >= 0.3 is 12.4 Å². The summed E-state index contributed by atoms with van der Waals surface area (Å²) in [5, 5.41) is 18.8. The normalized spacial score (nSPS) is 16.9. The van der Waals surface area contributed by atoms with E-state index in [0.29, 0.717) is 74.6 Å². The summed E-state index contributed by atoms with van der Waals surface area (Å²) in [7, 11) is 1.47. The molecule has 244 valence electrons. The molecule has 2 aromatic carbocycles. The third kappa shape index (κ3) is 8.14. The van der Waals surface area contributed by atoms with E-state index in [9.17, 15) is 41.4 Å². The standard InChI is InChI=1S/C30H37F6N3O5/c1-37(10-6-20-16-21(29(31,32)33)18-22(17-20)30(34,35)36)28(42)26(24-4-2-5-25-27(24)44-19-43-25)39-11-7-23(8-12-39)38(13-15-41)9-3-14-40/h2,4-5,16-18,23,26,40-41H,3,6-15,19H2,1H3/t26-/m0/s1. The fourth-order valence-corrected chi connectivity index (χ4v) is 5.82. The van der Waals surface area contributed by atoms with Crippen LogP contribution in [0.5, 0.6) is 11.5 Å². The van der Waals surface area contributed by atoms with E-state index in [1.54, 1.807) is 18.2 Å². The van der Waals surface area contributed by atoms with Gasteiger partial charge in [0.05, 0.1) is 17.7 Å². The summed E-state index contributed by atoms with van der Waals surface area (Å²) in [6.45, 7) is 1.94. The van der Waals surface area contributed by atoms with Gasteiger partial charge in [0, 0.05) is 58.0 Å². The molecule has 0 aromatic heterocycles. The van der Waals surface area contributed by atoms with Gasteiger partial charge in [0.1, 0.15) is 6.04 Å². The molecule has 2 N–H and O–H groups in total. The molecule has 44 heavy (non-hydrogen) atoms. The van der Waals surface area contributed by atoms with E-state index in [0.717, 1.165) is 0 Å².